The molecular weight excluding hydrogens is 232 g/mol. The van der Waals surface area contributed by atoms with Crippen LogP contribution in [0, 0.1) is 0 Å². The maximum atomic E-state index is 5.40. The molecule has 2 rings (SSSR count). The summed E-state index contributed by atoms with van der Waals surface area (Å²) in [6.07, 6.45) is 6.89. The molecule has 2 aromatic rings. The Labute approximate surface area is 105 Å². The van der Waals surface area contributed by atoms with E-state index >= 15 is 0 Å². The number of nitrogens with two attached hydrogens (primary N) is 1. The number of nitrogens with zero attached hydrogens (tertiary/aromatic N) is 4. The number of aryl methyl sites for hydroxylation is 1. The van der Waals surface area contributed by atoms with E-state index in [4.69, 9.17) is 10.6 Å². The molecule has 2 aromatic heterocycles. The van der Waals surface area contributed by atoms with Gasteiger partial charge in [-0.05, 0) is 6.42 Å². The summed E-state index contributed by atoms with van der Waals surface area (Å²) in [5.41, 5.74) is 2.49. The summed E-state index contributed by atoms with van der Waals surface area (Å²) in [7, 11) is 1.56. The third kappa shape index (κ3) is 2.12. The van der Waals surface area contributed by atoms with Gasteiger partial charge in [0.25, 0.3) is 0 Å². The summed E-state index contributed by atoms with van der Waals surface area (Å²) in [4.78, 5) is 12.6. The van der Waals surface area contributed by atoms with Crippen molar-refractivity contribution in [1.29, 1.82) is 0 Å². The van der Waals surface area contributed by atoms with Gasteiger partial charge in [-0.2, -0.15) is 0 Å². The Bertz CT molecular complexity index is 524. The van der Waals surface area contributed by atoms with E-state index in [0.717, 1.165) is 18.7 Å². The number of anilines is 1. The van der Waals surface area contributed by atoms with Crippen molar-refractivity contribution in [2.75, 3.05) is 12.5 Å². The minimum absolute atomic E-state index is 0.443. The van der Waals surface area contributed by atoms with Gasteiger partial charge in [0.1, 0.15) is 12.2 Å². The van der Waals surface area contributed by atoms with E-state index in [9.17, 15) is 0 Å². The second-order valence-electron chi connectivity index (χ2n) is 3.69. The van der Waals surface area contributed by atoms with E-state index in [1.54, 1.807) is 13.3 Å². The number of imidazole rings is 1. The fourth-order valence-corrected chi connectivity index (χ4v) is 1.76. The Morgan fingerprint density at radius 2 is 2.22 bits per heavy atom. The second-order valence-corrected chi connectivity index (χ2v) is 3.69. The zero-order chi connectivity index (χ0) is 13.0. The van der Waals surface area contributed by atoms with Crippen molar-refractivity contribution in [3.63, 3.8) is 0 Å². The monoisotopic (exact) mass is 248 g/mol. The van der Waals surface area contributed by atoms with Gasteiger partial charge in [-0.15, -0.1) is 0 Å². The van der Waals surface area contributed by atoms with Gasteiger partial charge in [0.2, 0.25) is 5.75 Å². The van der Waals surface area contributed by atoms with Crippen LogP contribution in [-0.2, 0) is 6.42 Å². The maximum absolute atomic E-state index is 5.40. The summed E-state index contributed by atoms with van der Waals surface area (Å²) in [5.74, 6) is 7.89. The lowest BCUT2D eigenvalue weighted by atomic mass is 10.3. The van der Waals surface area contributed by atoms with Crippen LogP contribution in [-0.4, -0.2) is 26.6 Å². The predicted octanol–water partition coefficient (Wildman–Crippen LogP) is 0.909. The van der Waals surface area contributed by atoms with Gasteiger partial charge in [0, 0.05) is 18.8 Å². The van der Waals surface area contributed by atoms with Crippen LogP contribution < -0.4 is 16.0 Å². The van der Waals surface area contributed by atoms with Crippen LogP contribution in [0.25, 0.3) is 5.82 Å². The lowest BCUT2D eigenvalue weighted by Crippen LogP contribution is -2.13. The number of hydrazine groups is 1. The molecule has 0 saturated heterocycles. The van der Waals surface area contributed by atoms with Crippen molar-refractivity contribution >= 4 is 5.82 Å². The second kappa shape index (κ2) is 5.46. The molecule has 7 heteroatoms. The average molecular weight is 248 g/mol. The van der Waals surface area contributed by atoms with E-state index in [0.29, 0.717) is 17.4 Å². The molecule has 0 atom stereocenters. The molecule has 0 amide bonds. The Morgan fingerprint density at radius 1 is 1.39 bits per heavy atom. The van der Waals surface area contributed by atoms with Gasteiger partial charge in [-0.3, -0.25) is 4.57 Å². The SMILES string of the molecule is CCCc1nccn1-c1ncnc(NN)c1OC. The molecule has 0 radical (unpaired) electrons. The molecule has 0 aromatic carbocycles. The Kier molecular flexibility index (Phi) is 3.73. The average Bonchev–Trinajstić information content (AvgIpc) is 2.86. The number of nitrogens with one attached hydrogen (secondary N) is 1. The largest absolute Gasteiger partial charge is 0.490 e. The summed E-state index contributed by atoms with van der Waals surface area (Å²) in [6, 6.07) is 0. The molecule has 0 saturated carbocycles. The Hall–Kier alpha value is -2.15. The molecule has 0 fully saturated rings. The first-order chi connectivity index (χ1) is 8.81. The summed E-state index contributed by atoms with van der Waals surface area (Å²) in [5, 5.41) is 0. The first-order valence-corrected chi connectivity index (χ1v) is 5.70. The minimum atomic E-state index is 0.443. The van der Waals surface area contributed by atoms with Gasteiger partial charge in [-0.25, -0.2) is 20.8 Å². The molecule has 7 nitrogen and oxygen atoms in total. The molecule has 18 heavy (non-hydrogen) atoms. The number of rotatable bonds is 5. The van der Waals surface area contributed by atoms with Crippen molar-refractivity contribution in [2.24, 2.45) is 5.84 Å². The first-order valence-electron chi connectivity index (χ1n) is 5.70. The molecule has 0 spiro atoms. The van der Waals surface area contributed by atoms with E-state index in [1.165, 1.54) is 6.33 Å². The fourth-order valence-electron chi connectivity index (χ4n) is 1.76. The normalized spacial score (nSPS) is 10.4. The minimum Gasteiger partial charge on any atom is -0.490 e. The summed E-state index contributed by atoms with van der Waals surface area (Å²) in [6.45, 7) is 2.10. The summed E-state index contributed by atoms with van der Waals surface area (Å²) < 4.78 is 7.19. The van der Waals surface area contributed by atoms with Crippen molar-refractivity contribution < 1.29 is 4.74 Å². The first kappa shape index (κ1) is 12.3. The van der Waals surface area contributed by atoms with Crippen molar-refractivity contribution in [3.05, 3.63) is 24.5 Å². The molecule has 0 aliphatic rings. The highest BCUT2D eigenvalue weighted by atomic mass is 16.5. The van der Waals surface area contributed by atoms with Crippen molar-refractivity contribution in [3.8, 4) is 11.6 Å². The van der Waals surface area contributed by atoms with Crippen molar-refractivity contribution in [1.82, 2.24) is 19.5 Å². The van der Waals surface area contributed by atoms with Crippen LogP contribution in [0.4, 0.5) is 5.82 Å². The third-order valence-corrected chi connectivity index (χ3v) is 2.55. The van der Waals surface area contributed by atoms with Gasteiger partial charge in [-0.1, -0.05) is 6.92 Å². The molecular formula is C11H16N6O. The highest BCUT2D eigenvalue weighted by Crippen LogP contribution is 2.27. The zero-order valence-electron chi connectivity index (χ0n) is 10.4. The van der Waals surface area contributed by atoms with Crippen LogP contribution in [0.15, 0.2) is 18.7 Å². The number of aromatic nitrogens is 4. The molecule has 0 aliphatic carbocycles. The highest BCUT2D eigenvalue weighted by molar-refractivity contribution is 5.57. The third-order valence-electron chi connectivity index (χ3n) is 2.55. The quantitative estimate of drug-likeness (QED) is 0.603. The van der Waals surface area contributed by atoms with Gasteiger partial charge >= 0.3 is 0 Å². The number of hydrogen-bond donors (Lipinski definition) is 2. The Balaban J connectivity index is 2.52. The van der Waals surface area contributed by atoms with Crippen LogP contribution in [0.1, 0.15) is 19.2 Å². The maximum Gasteiger partial charge on any atom is 0.206 e. The number of nitrogen functional groups attached to an aromatic ring is 1. The molecule has 0 bridgehead atoms. The zero-order valence-corrected chi connectivity index (χ0v) is 10.4. The van der Waals surface area contributed by atoms with E-state index in [2.05, 4.69) is 27.3 Å². The predicted molar refractivity (Wildman–Crippen MR) is 67.5 cm³/mol. The van der Waals surface area contributed by atoms with Gasteiger partial charge in [0.05, 0.1) is 7.11 Å². The molecule has 0 aliphatic heterocycles. The molecule has 96 valence electrons. The Morgan fingerprint density at radius 3 is 2.89 bits per heavy atom. The van der Waals surface area contributed by atoms with Gasteiger partial charge < -0.3 is 10.2 Å². The van der Waals surface area contributed by atoms with Crippen LogP contribution >= 0.6 is 0 Å². The fraction of sp³-hybridized carbons (Fsp3) is 0.364. The lowest BCUT2D eigenvalue weighted by molar-refractivity contribution is 0.410. The number of hydrogen-bond acceptors (Lipinski definition) is 6. The van der Waals surface area contributed by atoms with Crippen LogP contribution in [0.5, 0.6) is 5.75 Å². The standard InChI is InChI=1S/C11H16N6O/c1-3-4-8-13-5-6-17(8)11-9(18-2)10(16-12)14-7-15-11/h5-7H,3-4,12H2,1-2H3,(H,14,15,16). The van der Waals surface area contributed by atoms with E-state index < -0.39 is 0 Å². The van der Waals surface area contributed by atoms with E-state index in [1.807, 2.05) is 10.8 Å². The highest BCUT2D eigenvalue weighted by Gasteiger charge is 2.15. The smallest absolute Gasteiger partial charge is 0.206 e. The van der Waals surface area contributed by atoms with Crippen LogP contribution in [0.3, 0.4) is 0 Å². The summed E-state index contributed by atoms with van der Waals surface area (Å²) >= 11 is 0. The van der Waals surface area contributed by atoms with Gasteiger partial charge in [0.15, 0.2) is 11.6 Å². The topological polar surface area (TPSA) is 90.9 Å². The van der Waals surface area contributed by atoms with Crippen LogP contribution in [0.2, 0.25) is 0 Å². The number of ether oxygens (including phenoxy) is 1. The molecule has 2 heterocycles. The molecule has 3 N–H and O–H groups in total. The van der Waals surface area contributed by atoms with Crippen molar-refractivity contribution in [2.45, 2.75) is 19.8 Å². The number of methoxy groups -OCH3 is 1. The lowest BCUT2D eigenvalue weighted by Gasteiger charge is -2.12. The molecule has 0 unspecified atom stereocenters. The van der Waals surface area contributed by atoms with E-state index in [-0.39, 0.29) is 0 Å².